The van der Waals surface area contributed by atoms with Crippen molar-refractivity contribution < 1.29 is 8.42 Å². The molecule has 1 aromatic carbocycles. The number of rotatable bonds is 4. The summed E-state index contributed by atoms with van der Waals surface area (Å²) >= 11 is 0. The zero-order valence-corrected chi connectivity index (χ0v) is 10.2. The Morgan fingerprint density at radius 2 is 1.94 bits per heavy atom. The van der Waals surface area contributed by atoms with E-state index in [1.54, 1.807) is 54.3 Å². The number of sulfonamides is 1. The molecule has 1 aromatic heterocycles. The lowest BCUT2D eigenvalue weighted by atomic mass is 10.4. The van der Waals surface area contributed by atoms with E-state index in [0.717, 1.165) is 5.69 Å². The van der Waals surface area contributed by atoms with Crippen molar-refractivity contribution >= 4 is 10.0 Å². The quantitative estimate of drug-likeness (QED) is 0.878. The van der Waals surface area contributed by atoms with Gasteiger partial charge >= 0.3 is 0 Å². The lowest BCUT2D eigenvalue weighted by molar-refractivity contribution is 0.577. The lowest BCUT2D eigenvalue weighted by Gasteiger charge is -2.06. The fourth-order valence-electron chi connectivity index (χ4n) is 1.43. The molecule has 0 bridgehead atoms. The van der Waals surface area contributed by atoms with Gasteiger partial charge in [-0.05, 0) is 18.2 Å². The minimum absolute atomic E-state index is 0.230. The van der Waals surface area contributed by atoms with E-state index >= 15 is 0 Å². The number of nitrogens with zero attached hydrogens (tertiary/aromatic N) is 2. The molecule has 0 saturated carbocycles. The Labute approximate surface area is 100 Å². The summed E-state index contributed by atoms with van der Waals surface area (Å²) in [6, 6.07) is 10.1. The van der Waals surface area contributed by atoms with Crippen LogP contribution in [0.25, 0.3) is 0 Å². The molecule has 6 heteroatoms. The van der Waals surface area contributed by atoms with Gasteiger partial charge in [-0.2, -0.15) is 5.10 Å². The summed E-state index contributed by atoms with van der Waals surface area (Å²) in [7, 11) is -1.67. The lowest BCUT2D eigenvalue weighted by Crippen LogP contribution is -2.24. The van der Waals surface area contributed by atoms with Gasteiger partial charge in [0.05, 0.1) is 17.1 Å². The van der Waals surface area contributed by atoms with Gasteiger partial charge in [-0.3, -0.25) is 4.68 Å². The predicted octanol–water partition coefficient (Wildman–Crippen LogP) is 0.899. The third kappa shape index (κ3) is 2.72. The summed E-state index contributed by atoms with van der Waals surface area (Å²) in [6.45, 7) is 0.230. The molecule has 0 radical (unpaired) electrons. The van der Waals surface area contributed by atoms with Crippen molar-refractivity contribution in [2.24, 2.45) is 7.05 Å². The topological polar surface area (TPSA) is 64.0 Å². The van der Waals surface area contributed by atoms with Crippen LogP contribution in [0.4, 0.5) is 0 Å². The van der Waals surface area contributed by atoms with Gasteiger partial charge in [-0.1, -0.05) is 18.2 Å². The number of hydrogen-bond donors (Lipinski definition) is 1. The molecule has 0 spiro atoms. The first kappa shape index (κ1) is 11.8. The van der Waals surface area contributed by atoms with Crippen LogP contribution >= 0.6 is 0 Å². The monoisotopic (exact) mass is 251 g/mol. The Morgan fingerprint density at radius 1 is 1.24 bits per heavy atom. The zero-order chi connectivity index (χ0) is 12.3. The normalized spacial score (nSPS) is 11.6. The van der Waals surface area contributed by atoms with Crippen molar-refractivity contribution in [2.75, 3.05) is 0 Å². The number of hydrogen-bond acceptors (Lipinski definition) is 3. The molecule has 1 N–H and O–H groups in total. The van der Waals surface area contributed by atoms with Crippen LogP contribution in [0.15, 0.2) is 47.5 Å². The van der Waals surface area contributed by atoms with E-state index < -0.39 is 10.0 Å². The molecule has 0 amide bonds. The van der Waals surface area contributed by atoms with Crippen molar-refractivity contribution in [2.45, 2.75) is 11.4 Å². The van der Waals surface area contributed by atoms with Gasteiger partial charge < -0.3 is 0 Å². The van der Waals surface area contributed by atoms with E-state index in [1.807, 2.05) is 0 Å². The molecule has 17 heavy (non-hydrogen) atoms. The maximum Gasteiger partial charge on any atom is 0.240 e. The molecule has 0 atom stereocenters. The van der Waals surface area contributed by atoms with Gasteiger partial charge in [0.25, 0.3) is 0 Å². The first-order valence-electron chi connectivity index (χ1n) is 5.11. The maximum atomic E-state index is 11.9. The highest BCUT2D eigenvalue weighted by molar-refractivity contribution is 7.89. The fourth-order valence-corrected chi connectivity index (χ4v) is 2.45. The van der Waals surface area contributed by atoms with E-state index in [4.69, 9.17) is 0 Å². The van der Waals surface area contributed by atoms with Crippen LogP contribution in [0.3, 0.4) is 0 Å². The molecule has 1 heterocycles. The van der Waals surface area contributed by atoms with Crippen LogP contribution in [-0.2, 0) is 23.6 Å². The van der Waals surface area contributed by atoms with Gasteiger partial charge in [-0.15, -0.1) is 0 Å². The summed E-state index contributed by atoms with van der Waals surface area (Å²) in [4.78, 5) is 0.266. The average Bonchev–Trinajstić information content (AvgIpc) is 2.74. The third-order valence-electron chi connectivity index (χ3n) is 2.42. The number of aromatic nitrogens is 2. The molecule has 2 aromatic rings. The molecular weight excluding hydrogens is 238 g/mol. The molecule has 2 rings (SSSR count). The van der Waals surface area contributed by atoms with Gasteiger partial charge in [0.1, 0.15) is 0 Å². The van der Waals surface area contributed by atoms with Gasteiger partial charge in [0, 0.05) is 13.2 Å². The van der Waals surface area contributed by atoms with Crippen LogP contribution in [0, 0.1) is 0 Å². The standard InChI is InChI=1S/C11H13N3O2S/c1-14-10(7-8-12-14)9-13-17(15,16)11-5-3-2-4-6-11/h2-8,13H,9H2,1H3. The van der Waals surface area contributed by atoms with Crippen molar-refractivity contribution in [3.8, 4) is 0 Å². The minimum Gasteiger partial charge on any atom is -0.271 e. The second kappa shape index (κ2) is 4.68. The van der Waals surface area contributed by atoms with Crippen LogP contribution < -0.4 is 4.72 Å². The highest BCUT2D eigenvalue weighted by Crippen LogP contribution is 2.08. The summed E-state index contributed by atoms with van der Waals surface area (Å²) in [5.41, 5.74) is 0.810. The molecule has 0 aliphatic rings. The number of benzene rings is 1. The van der Waals surface area contributed by atoms with Crippen LogP contribution in [0.2, 0.25) is 0 Å². The SMILES string of the molecule is Cn1nccc1CNS(=O)(=O)c1ccccc1. The zero-order valence-electron chi connectivity index (χ0n) is 9.37. The van der Waals surface area contributed by atoms with E-state index in [1.165, 1.54) is 0 Å². The van der Waals surface area contributed by atoms with E-state index in [2.05, 4.69) is 9.82 Å². The molecule has 0 saturated heterocycles. The second-order valence-corrected chi connectivity index (χ2v) is 5.35. The number of aryl methyl sites for hydroxylation is 1. The highest BCUT2D eigenvalue weighted by atomic mass is 32.2. The van der Waals surface area contributed by atoms with Crippen molar-refractivity contribution in [1.29, 1.82) is 0 Å². The molecule has 0 aliphatic carbocycles. The van der Waals surface area contributed by atoms with Crippen LogP contribution in [-0.4, -0.2) is 18.2 Å². The van der Waals surface area contributed by atoms with Crippen molar-refractivity contribution in [3.05, 3.63) is 48.3 Å². The Morgan fingerprint density at radius 3 is 2.53 bits per heavy atom. The Balaban J connectivity index is 2.12. The van der Waals surface area contributed by atoms with Crippen LogP contribution in [0.5, 0.6) is 0 Å². The first-order valence-corrected chi connectivity index (χ1v) is 6.59. The summed E-state index contributed by atoms with van der Waals surface area (Å²) in [5, 5.41) is 3.97. The molecule has 0 aliphatic heterocycles. The van der Waals surface area contributed by atoms with Gasteiger partial charge in [0.15, 0.2) is 0 Å². The van der Waals surface area contributed by atoms with Gasteiger partial charge in [-0.25, -0.2) is 13.1 Å². The van der Waals surface area contributed by atoms with Crippen LogP contribution in [0.1, 0.15) is 5.69 Å². The average molecular weight is 251 g/mol. The molecule has 0 fully saturated rings. The Kier molecular flexibility index (Phi) is 3.26. The summed E-state index contributed by atoms with van der Waals surface area (Å²) in [6.07, 6.45) is 1.63. The van der Waals surface area contributed by atoms with Crippen molar-refractivity contribution in [3.63, 3.8) is 0 Å². The molecule has 90 valence electrons. The molecular formula is C11H13N3O2S. The number of nitrogens with one attached hydrogen (secondary N) is 1. The Bertz CT molecular complexity index is 590. The fraction of sp³-hybridized carbons (Fsp3) is 0.182. The maximum absolute atomic E-state index is 11.9. The largest absolute Gasteiger partial charge is 0.271 e. The molecule has 0 unspecified atom stereocenters. The third-order valence-corrected chi connectivity index (χ3v) is 3.84. The van der Waals surface area contributed by atoms with Crippen molar-refractivity contribution in [1.82, 2.24) is 14.5 Å². The van der Waals surface area contributed by atoms with E-state index in [0.29, 0.717) is 0 Å². The summed E-state index contributed by atoms with van der Waals surface area (Å²) in [5.74, 6) is 0. The van der Waals surface area contributed by atoms with Gasteiger partial charge in [0.2, 0.25) is 10.0 Å². The summed E-state index contributed by atoms with van der Waals surface area (Å²) < 4.78 is 28.0. The van der Waals surface area contributed by atoms with E-state index in [-0.39, 0.29) is 11.4 Å². The first-order chi connectivity index (χ1) is 8.09. The molecule has 5 nitrogen and oxygen atoms in total. The minimum atomic E-state index is -3.44. The Hall–Kier alpha value is -1.66. The second-order valence-electron chi connectivity index (χ2n) is 3.58. The predicted molar refractivity (Wildman–Crippen MR) is 63.7 cm³/mol. The smallest absolute Gasteiger partial charge is 0.240 e. The highest BCUT2D eigenvalue weighted by Gasteiger charge is 2.13. The van der Waals surface area contributed by atoms with E-state index in [9.17, 15) is 8.42 Å².